The Hall–Kier alpha value is -2.43. The first-order valence-electron chi connectivity index (χ1n) is 10.7. The van der Waals surface area contributed by atoms with E-state index in [1.165, 1.54) is 30.4 Å². The van der Waals surface area contributed by atoms with Crippen molar-refractivity contribution in [2.24, 2.45) is 0 Å². The van der Waals surface area contributed by atoms with E-state index in [4.69, 9.17) is 9.97 Å². The van der Waals surface area contributed by atoms with Gasteiger partial charge in [-0.3, -0.25) is 0 Å². The van der Waals surface area contributed by atoms with Crippen LogP contribution in [0.2, 0.25) is 0 Å². The van der Waals surface area contributed by atoms with E-state index >= 15 is 0 Å². The number of hydrogen-bond donors (Lipinski definition) is 0. The third-order valence-electron chi connectivity index (χ3n) is 6.32. The van der Waals surface area contributed by atoms with Crippen molar-refractivity contribution in [2.75, 3.05) is 0 Å². The molecule has 0 aromatic carbocycles. The van der Waals surface area contributed by atoms with Crippen molar-refractivity contribution in [3.8, 4) is 11.3 Å². The van der Waals surface area contributed by atoms with E-state index in [1.54, 1.807) is 0 Å². The maximum absolute atomic E-state index is 5.05. The van der Waals surface area contributed by atoms with Gasteiger partial charge in [0.2, 0.25) is 0 Å². The third-order valence-corrected chi connectivity index (χ3v) is 6.32. The van der Waals surface area contributed by atoms with Crippen LogP contribution in [0.15, 0.2) is 18.6 Å². The second-order valence-electron chi connectivity index (χ2n) is 10.7. The van der Waals surface area contributed by atoms with Crippen molar-refractivity contribution in [3.63, 3.8) is 0 Å². The molecule has 2 unspecified atom stereocenters. The molecule has 0 amide bonds. The summed E-state index contributed by atoms with van der Waals surface area (Å²) in [6.45, 7) is 12.9. The largest absolute Gasteiger partial charge is 0.244 e. The van der Waals surface area contributed by atoms with Crippen LogP contribution in [0.25, 0.3) is 22.3 Å². The first-order valence-corrected chi connectivity index (χ1v) is 10.7. The molecule has 3 heterocycles. The first-order chi connectivity index (χ1) is 13.6. The van der Waals surface area contributed by atoms with E-state index in [9.17, 15) is 0 Å². The molecule has 0 N–H and O–H groups in total. The number of aromatic nitrogens is 5. The lowest BCUT2D eigenvalue weighted by molar-refractivity contribution is 0.545. The summed E-state index contributed by atoms with van der Waals surface area (Å²) < 4.78 is 0. The van der Waals surface area contributed by atoms with Crippen LogP contribution in [0.3, 0.4) is 0 Å². The van der Waals surface area contributed by atoms with Crippen LogP contribution < -0.4 is 0 Å². The SMILES string of the molecule is CC(C)(C)c1ncc(-c2nc3cnc(C(C)(C)C)nc3c3c2C2CCC3C2)cn1. The Bertz CT molecular complexity index is 1100. The number of rotatable bonds is 1. The van der Waals surface area contributed by atoms with E-state index < -0.39 is 0 Å². The summed E-state index contributed by atoms with van der Waals surface area (Å²) in [5.41, 5.74) is 6.65. The molecule has 5 rings (SSSR count). The summed E-state index contributed by atoms with van der Waals surface area (Å²) in [5, 5.41) is 0. The molecule has 2 aliphatic rings. The topological polar surface area (TPSA) is 64.5 Å². The molecule has 1 saturated carbocycles. The second-order valence-corrected chi connectivity index (χ2v) is 10.7. The minimum Gasteiger partial charge on any atom is -0.244 e. The van der Waals surface area contributed by atoms with Gasteiger partial charge in [-0.2, -0.15) is 0 Å². The Labute approximate surface area is 172 Å². The van der Waals surface area contributed by atoms with Gasteiger partial charge in [-0.15, -0.1) is 0 Å². The van der Waals surface area contributed by atoms with Crippen LogP contribution in [-0.2, 0) is 10.8 Å². The standard InChI is InChI=1S/C24H29N5/c1-23(2,3)21-25-10-15(11-26-21)19-17-13-7-8-14(9-13)18(17)20-16(28-19)12-27-22(29-20)24(4,5)6/h10-14H,7-9H2,1-6H3. The van der Waals surface area contributed by atoms with Crippen LogP contribution >= 0.6 is 0 Å². The Morgan fingerprint density at radius 3 is 1.93 bits per heavy atom. The summed E-state index contributed by atoms with van der Waals surface area (Å²) in [6.07, 6.45) is 9.51. The fourth-order valence-corrected chi connectivity index (χ4v) is 4.84. The van der Waals surface area contributed by atoms with Crippen LogP contribution in [0.4, 0.5) is 0 Å². The van der Waals surface area contributed by atoms with Crippen molar-refractivity contribution >= 4 is 11.0 Å². The van der Waals surface area contributed by atoms with Gasteiger partial charge in [-0.05, 0) is 42.2 Å². The van der Waals surface area contributed by atoms with Gasteiger partial charge in [0.25, 0.3) is 0 Å². The number of pyridine rings is 1. The van der Waals surface area contributed by atoms with Gasteiger partial charge >= 0.3 is 0 Å². The van der Waals surface area contributed by atoms with Gasteiger partial charge < -0.3 is 0 Å². The molecule has 1 fully saturated rings. The minimum absolute atomic E-state index is 0.0619. The molecule has 3 aromatic rings. The van der Waals surface area contributed by atoms with E-state index in [1.807, 2.05) is 18.6 Å². The highest BCUT2D eigenvalue weighted by Gasteiger charge is 2.41. The molecule has 0 aliphatic heterocycles. The zero-order valence-electron chi connectivity index (χ0n) is 18.2. The fourth-order valence-electron chi connectivity index (χ4n) is 4.84. The van der Waals surface area contributed by atoms with Crippen molar-refractivity contribution in [3.05, 3.63) is 41.4 Å². The molecule has 5 heteroatoms. The van der Waals surface area contributed by atoms with E-state index in [-0.39, 0.29) is 10.8 Å². The zero-order valence-corrected chi connectivity index (χ0v) is 18.2. The normalized spacial score (nSPS) is 21.0. The monoisotopic (exact) mass is 387 g/mol. The number of fused-ring (bicyclic) bond motifs is 7. The molecule has 5 nitrogen and oxygen atoms in total. The van der Waals surface area contributed by atoms with E-state index in [2.05, 4.69) is 56.5 Å². The molecule has 29 heavy (non-hydrogen) atoms. The molecule has 0 saturated heterocycles. The fraction of sp³-hybridized carbons (Fsp3) is 0.542. The Morgan fingerprint density at radius 1 is 0.724 bits per heavy atom. The van der Waals surface area contributed by atoms with Crippen LogP contribution in [0.1, 0.15) is 95.4 Å². The maximum Gasteiger partial charge on any atom is 0.134 e. The Morgan fingerprint density at radius 2 is 1.31 bits per heavy atom. The lowest BCUT2D eigenvalue weighted by Crippen LogP contribution is -2.17. The zero-order chi connectivity index (χ0) is 20.6. The molecule has 150 valence electrons. The van der Waals surface area contributed by atoms with Crippen molar-refractivity contribution in [2.45, 2.75) is 83.5 Å². The minimum atomic E-state index is -0.0754. The van der Waals surface area contributed by atoms with Gasteiger partial charge in [0.1, 0.15) is 17.2 Å². The molecule has 3 aromatic heterocycles. The molecule has 2 aliphatic carbocycles. The van der Waals surface area contributed by atoms with Crippen LogP contribution in [-0.4, -0.2) is 24.9 Å². The number of hydrogen-bond acceptors (Lipinski definition) is 5. The summed E-state index contributed by atoms with van der Waals surface area (Å²) in [7, 11) is 0. The molecule has 0 radical (unpaired) electrons. The lowest BCUT2D eigenvalue weighted by atomic mass is 9.88. The highest BCUT2D eigenvalue weighted by Crippen LogP contribution is 2.56. The smallest absolute Gasteiger partial charge is 0.134 e. The van der Waals surface area contributed by atoms with Gasteiger partial charge in [0.05, 0.1) is 17.4 Å². The predicted octanol–water partition coefficient (Wildman–Crippen LogP) is 5.44. The van der Waals surface area contributed by atoms with Crippen molar-refractivity contribution in [1.82, 2.24) is 24.9 Å². The average Bonchev–Trinajstić information content (AvgIpc) is 3.28. The molecule has 2 bridgehead atoms. The summed E-state index contributed by atoms with van der Waals surface area (Å²) >= 11 is 0. The quantitative estimate of drug-likeness (QED) is 0.556. The summed E-state index contributed by atoms with van der Waals surface area (Å²) in [4.78, 5) is 24.0. The van der Waals surface area contributed by atoms with Gasteiger partial charge in [-0.25, -0.2) is 24.9 Å². The lowest BCUT2D eigenvalue weighted by Gasteiger charge is -2.22. The second kappa shape index (κ2) is 6.04. The van der Waals surface area contributed by atoms with Crippen LogP contribution in [0, 0.1) is 0 Å². The number of nitrogens with zero attached hydrogens (tertiary/aromatic N) is 5. The Balaban J connectivity index is 1.73. The highest BCUT2D eigenvalue weighted by molar-refractivity contribution is 5.86. The predicted molar refractivity (Wildman–Crippen MR) is 115 cm³/mol. The first kappa shape index (κ1) is 18.6. The molecular formula is C24H29N5. The van der Waals surface area contributed by atoms with E-state index in [0.717, 1.165) is 33.9 Å². The maximum atomic E-state index is 5.05. The average molecular weight is 388 g/mol. The van der Waals surface area contributed by atoms with Crippen LogP contribution in [0.5, 0.6) is 0 Å². The van der Waals surface area contributed by atoms with Crippen molar-refractivity contribution in [1.29, 1.82) is 0 Å². The highest BCUT2D eigenvalue weighted by atomic mass is 14.9. The summed E-state index contributed by atoms with van der Waals surface area (Å²) in [5.74, 6) is 2.93. The summed E-state index contributed by atoms with van der Waals surface area (Å²) in [6, 6.07) is 0. The Kier molecular flexibility index (Phi) is 3.87. The molecule has 2 atom stereocenters. The van der Waals surface area contributed by atoms with Gasteiger partial charge in [0.15, 0.2) is 0 Å². The molecular weight excluding hydrogens is 358 g/mol. The van der Waals surface area contributed by atoms with Crippen molar-refractivity contribution < 1.29 is 0 Å². The third kappa shape index (κ3) is 2.93. The molecule has 0 spiro atoms. The van der Waals surface area contributed by atoms with E-state index in [0.29, 0.717) is 11.8 Å². The van der Waals surface area contributed by atoms with Gasteiger partial charge in [0, 0.05) is 28.8 Å². The van der Waals surface area contributed by atoms with Gasteiger partial charge in [-0.1, -0.05) is 41.5 Å².